The van der Waals surface area contributed by atoms with Gasteiger partial charge < -0.3 is 9.84 Å². The Labute approximate surface area is 124 Å². The zero-order valence-corrected chi connectivity index (χ0v) is 12.1. The van der Waals surface area contributed by atoms with Crippen molar-refractivity contribution in [3.05, 3.63) is 63.9 Å². The quantitative estimate of drug-likeness (QED) is 0.901. The van der Waals surface area contributed by atoms with Crippen LogP contribution in [-0.4, -0.2) is 11.1 Å². The highest BCUT2D eigenvalue weighted by molar-refractivity contribution is 9.10. The normalized spacial score (nSPS) is 10.3. The van der Waals surface area contributed by atoms with E-state index in [0.29, 0.717) is 16.9 Å². The number of hydrogen-bond donors (Lipinski definition) is 1. The zero-order chi connectivity index (χ0) is 14.5. The summed E-state index contributed by atoms with van der Waals surface area (Å²) in [6.45, 7) is 0.203. The number of aliphatic carboxylic acids is 1. The van der Waals surface area contributed by atoms with Gasteiger partial charge in [0, 0.05) is 10.0 Å². The molecule has 0 amide bonds. The summed E-state index contributed by atoms with van der Waals surface area (Å²) in [5, 5.41) is 8.74. The maximum absolute atomic E-state index is 13.1. The van der Waals surface area contributed by atoms with Crippen molar-refractivity contribution in [2.24, 2.45) is 0 Å². The first-order valence-corrected chi connectivity index (χ1v) is 6.71. The van der Waals surface area contributed by atoms with Gasteiger partial charge in [0.1, 0.15) is 18.2 Å². The van der Waals surface area contributed by atoms with Crippen molar-refractivity contribution < 1.29 is 19.0 Å². The lowest BCUT2D eigenvalue weighted by Crippen LogP contribution is -2.01. The van der Waals surface area contributed by atoms with Crippen LogP contribution >= 0.6 is 15.9 Å². The van der Waals surface area contributed by atoms with Crippen LogP contribution in [0.1, 0.15) is 11.1 Å². The lowest BCUT2D eigenvalue weighted by molar-refractivity contribution is -0.136. The molecule has 0 fully saturated rings. The summed E-state index contributed by atoms with van der Waals surface area (Å²) in [5.74, 6) is -0.665. The average molecular weight is 339 g/mol. The van der Waals surface area contributed by atoms with Crippen molar-refractivity contribution in [3.8, 4) is 5.75 Å². The van der Waals surface area contributed by atoms with E-state index in [2.05, 4.69) is 15.9 Å². The number of carboxylic acids is 1. The van der Waals surface area contributed by atoms with Crippen LogP contribution in [0, 0.1) is 5.82 Å². The molecule has 0 saturated carbocycles. The molecule has 3 nitrogen and oxygen atoms in total. The van der Waals surface area contributed by atoms with Gasteiger partial charge in [-0.1, -0.05) is 28.1 Å². The second-order valence-electron chi connectivity index (χ2n) is 4.24. The van der Waals surface area contributed by atoms with Crippen LogP contribution in [0.3, 0.4) is 0 Å². The second-order valence-corrected chi connectivity index (χ2v) is 5.10. The monoisotopic (exact) mass is 338 g/mol. The summed E-state index contributed by atoms with van der Waals surface area (Å²) < 4.78 is 19.5. The molecule has 0 aliphatic heterocycles. The minimum Gasteiger partial charge on any atom is -0.489 e. The van der Waals surface area contributed by atoms with Gasteiger partial charge in [0.25, 0.3) is 0 Å². The van der Waals surface area contributed by atoms with Crippen molar-refractivity contribution in [1.29, 1.82) is 0 Å². The Bertz CT molecular complexity index is 628. The van der Waals surface area contributed by atoms with Crippen LogP contribution in [0.4, 0.5) is 4.39 Å². The fourth-order valence-corrected chi connectivity index (χ4v) is 2.10. The third-order valence-electron chi connectivity index (χ3n) is 2.66. The van der Waals surface area contributed by atoms with Crippen LogP contribution in [0.2, 0.25) is 0 Å². The Hall–Kier alpha value is -1.88. The average Bonchev–Trinajstić information content (AvgIpc) is 2.39. The molecule has 104 valence electrons. The number of hydrogen-bond acceptors (Lipinski definition) is 2. The number of ether oxygens (including phenoxy) is 1. The molecule has 0 bridgehead atoms. The number of rotatable bonds is 5. The van der Waals surface area contributed by atoms with Crippen molar-refractivity contribution in [2.75, 3.05) is 0 Å². The standard InChI is InChI=1S/C15H12BrFO3/c16-14-5-4-12(17)8-11(14)9-20-13-3-1-2-10(6-13)7-15(18)19/h1-6,8H,7,9H2,(H,18,19). The molecule has 0 saturated heterocycles. The summed E-state index contributed by atoms with van der Waals surface area (Å²) in [4.78, 5) is 10.7. The topological polar surface area (TPSA) is 46.5 Å². The number of halogens is 2. The minimum absolute atomic E-state index is 0.0547. The molecule has 2 rings (SSSR count). The fraction of sp³-hybridized carbons (Fsp3) is 0.133. The van der Waals surface area contributed by atoms with Gasteiger partial charge in [-0.2, -0.15) is 0 Å². The van der Waals surface area contributed by atoms with Crippen molar-refractivity contribution in [2.45, 2.75) is 13.0 Å². The van der Waals surface area contributed by atoms with E-state index < -0.39 is 5.97 Å². The van der Waals surface area contributed by atoms with Crippen LogP contribution in [0.15, 0.2) is 46.9 Å². The van der Waals surface area contributed by atoms with Gasteiger partial charge in [0.05, 0.1) is 6.42 Å². The van der Waals surface area contributed by atoms with Crippen LogP contribution in [0.25, 0.3) is 0 Å². The molecule has 1 N–H and O–H groups in total. The highest BCUT2D eigenvalue weighted by Crippen LogP contribution is 2.21. The Kier molecular flexibility index (Phi) is 4.74. The first-order valence-electron chi connectivity index (χ1n) is 5.92. The summed E-state index contributed by atoms with van der Waals surface area (Å²) in [6.07, 6.45) is -0.0547. The lowest BCUT2D eigenvalue weighted by Gasteiger charge is -2.09. The highest BCUT2D eigenvalue weighted by atomic mass is 79.9. The maximum Gasteiger partial charge on any atom is 0.307 e. The van der Waals surface area contributed by atoms with Crippen LogP contribution < -0.4 is 4.74 Å². The van der Waals surface area contributed by atoms with Crippen molar-refractivity contribution >= 4 is 21.9 Å². The van der Waals surface area contributed by atoms with E-state index in [4.69, 9.17) is 9.84 Å². The smallest absolute Gasteiger partial charge is 0.307 e. The predicted molar refractivity (Wildman–Crippen MR) is 76.2 cm³/mol. The molecule has 2 aromatic rings. The van der Waals surface area contributed by atoms with E-state index in [1.165, 1.54) is 12.1 Å². The first kappa shape index (κ1) is 14.5. The molecule has 0 unspecified atom stereocenters. The van der Waals surface area contributed by atoms with Gasteiger partial charge in [0.2, 0.25) is 0 Å². The molecule has 0 aromatic heterocycles. The Morgan fingerprint density at radius 3 is 2.80 bits per heavy atom. The van der Waals surface area contributed by atoms with Gasteiger partial charge in [-0.3, -0.25) is 4.79 Å². The van der Waals surface area contributed by atoms with Crippen molar-refractivity contribution in [1.82, 2.24) is 0 Å². The Morgan fingerprint density at radius 2 is 2.05 bits per heavy atom. The summed E-state index contributed by atoms with van der Waals surface area (Å²) in [5.41, 5.74) is 1.35. The highest BCUT2D eigenvalue weighted by Gasteiger charge is 2.05. The number of benzene rings is 2. The number of carbonyl (C=O) groups is 1. The molecule has 20 heavy (non-hydrogen) atoms. The molecular weight excluding hydrogens is 327 g/mol. The van der Waals surface area contributed by atoms with Gasteiger partial charge in [-0.05, 0) is 35.9 Å². The van der Waals surface area contributed by atoms with Crippen molar-refractivity contribution in [3.63, 3.8) is 0 Å². The molecule has 0 aliphatic rings. The van der Waals surface area contributed by atoms with E-state index in [1.54, 1.807) is 30.3 Å². The van der Waals surface area contributed by atoms with E-state index in [9.17, 15) is 9.18 Å². The molecule has 5 heteroatoms. The number of carboxylic acid groups (broad SMARTS) is 1. The van der Waals surface area contributed by atoms with E-state index in [1.807, 2.05) is 0 Å². The maximum atomic E-state index is 13.1. The third-order valence-corrected chi connectivity index (χ3v) is 3.43. The minimum atomic E-state index is -0.893. The van der Waals surface area contributed by atoms with Gasteiger partial charge >= 0.3 is 5.97 Å². The summed E-state index contributed by atoms with van der Waals surface area (Å²) in [6, 6.07) is 11.2. The van der Waals surface area contributed by atoms with E-state index >= 15 is 0 Å². The largest absolute Gasteiger partial charge is 0.489 e. The third kappa shape index (κ3) is 4.06. The van der Waals surface area contributed by atoms with E-state index in [0.717, 1.165) is 4.47 Å². The molecular formula is C15H12BrFO3. The molecule has 0 radical (unpaired) electrons. The van der Waals surface area contributed by atoms with Gasteiger partial charge in [0.15, 0.2) is 0 Å². The fourth-order valence-electron chi connectivity index (χ4n) is 1.73. The SMILES string of the molecule is O=C(O)Cc1cccc(OCc2cc(F)ccc2Br)c1. The van der Waals surface area contributed by atoms with Gasteiger partial charge in [-0.15, -0.1) is 0 Å². The predicted octanol–water partition coefficient (Wildman–Crippen LogP) is 3.79. The van der Waals surface area contributed by atoms with E-state index in [-0.39, 0.29) is 18.8 Å². The lowest BCUT2D eigenvalue weighted by atomic mass is 10.1. The molecule has 0 heterocycles. The molecule has 0 spiro atoms. The van der Waals surface area contributed by atoms with Gasteiger partial charge in [-0.25, -0.2) is 4.39 Å². The first-order chi connectivity index (χ1) is 9.54. The van der Waals surface area contributed by atoms with Crippen LogP contribution in [-0.2, 0) is 17.8 Å². The summed E-state index contributed by atoms with van der Waals surface area (Å²) in [7, 11) is 0. The Morgan fingerprint density at radius 1 is 1.25 bits per heavy atom. The molecule has 0 atom stereocenters. The summed E-state index contributed by atoms with van der Waals surface area (Å²) >= 11 is 3.33. The Balaban J connectivity index is 2.07. The zero-order valence-electron chi connectivity index (χ0n) is 10.5. The molecule has 0 aliphatic carbocycles. The second kappa shape index (κ2) is 6.52. The van der Waals surface area contributed by atoms with Crippen LogP contribution in [0.5, 0.6) is 5.75 Å². The molecule has 2 aromatic carbocycles.